The fourth-order valence-electron chi connectivity index (χ4n) is 1.70. The van der Waals surface area contributed by atoms with Crippen molar-refractivity contribution in [3.05, 3.63) is 23.3 Å². The number of methoxy groups -OCH3 is 2. The fourth-order valence-corrected chi connectivity index (χ4v) is 1.70. The first-order chi connectivity index (χ1) is 9.23. The first kappa shape index (κ1) is 18.4. The van der Waals surface area contributed by atoms with Gasteiger partial charge in [-0.25, -0.2) is 9.59 Å². The van der Waals surface area contributed by atoms with Crippen molar-refractivity contribution in [2.75, 3.05) is 14.2 Å². The smallest absolute Gasteiger partial charge is 0.344 e. The molecule has 0 aromatic carbocycles. The summed E-state index contributed by atoms with van der Waals surface area (Å²) < 4.78 is 9.19. The van der Waals surface area contributed by atoms with E-state index in [0.717, 1.165) is 12.8 Å². The summed E-state index contributed by atoms with van der Waals surface area (Å²) in [5.74, 6) is -1.31. The number of hydrogen-bond donors (Lipinski definition) is 0. The van der Waals surface area contributed by atoms with Gasteiger partial charge >= 0.3 is 11.9 Å². The highest BCUT2D eigenvalue weighted by Gasteiger charge is 2.22. The minimum absolute atomic E-state index is 0.000751. The molecule has 0 fully saturated rings. The van der Waals surface area contributed by atoms with Crippen LogP contribution < -0.4 is 0 Å². The van der Waals surface area contributed by atoms with Gasteiger partial charge in [-0.2, -0.15) is 0 Å². The summed E-state index contributed by atoms with van der Waals surface area (Å²) in [6, 6.07) is 0. The van der Waals surface area contributed by atoms with Crippen molar-refractivity contribution in [3.63, 3.8) is 0 Å². The molecule has 114 valence electrons. The van der Waals surface area contributed by atoms with E-state index >= 15 is 0 Å². The molecule has 20 heavy (non-hydrogen) atoms. The summed E-state index contributed by atoms with van der Waals surface area (Å²) in [7, 11) is 2.50. The molecule has 0 radical (unpaired) electrons. The topological polar surface area (TPSA) is 52.6 Å². The van der Waals surface area contributed by atoms with Crippen LogP contribution in [0.2, 0.25) is 0 Å². The predicted octanol–water partition coefficient (Wildman–Crippen LogP) is 3.42. The zero-order chi connectivity index (χ0) is 15.8. The first-order valence-electron chi connectivity index (χ1n) is 6.73. The van der Waals surface area contributed by atoms with E-state index in [0.29, 0.717) is 6.42 Å². The Bertz CT molecular complexity index is 381. The number of rotatable bonds is 7. The number of carbonyl (C=O) groups excluding carboxylic acids is 2. The van der Waals surface area contributed by atoms with Gasteiger partial charge in [0.1, 0.15) is 5.57 Å². The van der Waals surface area contributed by atoms with E-state index in [4.69, 9.17) is 0 Å². The monoisotopic (exact) mass is 282 g/mol. The second-order valence-corrected chi connectivity index (χ2v) is 5.79. The summed E-state index contributed by atoms with van der Waals surface area (Å²) in [6.45, 7) is 8.35. The minimum atomic E-state index is -0.656. The van der Waals surface area contributed by atoms with Crippen molar-refractivity contribution in [2.24, 2.45) is 5.41 Å². The van der Waals surface area contributed by atoms with Gasteiger partial charge in [-0.3, -0.25) is 0 Å². The number of hydrogen-bond acceptors (Lipinski definition) is 4. The summed E-state index contributed by atoms with van der Waals surface area (Å²) in [5.41, 5.74) is 1.26. The molecule has 0 aliphatic carbocycles. The lowest BCUT2D eigenvalue weighted by Gasteiger charge is -2.22. The molecule has 0 aliphatic rings. The van der Waals surface area contributed by atoms with Crippen LogP contribution in [0, 0.1) is 5.41 Å². The van der Waals surface area contributed by atoms with Gasteiger partial charge < -0.3 is 9.47 Å². The third-order valence-electron chi connectivity index (χ3n) is 3.04. The highest BCUT2D eigenvalue weighted by atomic mass is 16.5. The molecule has 0 aromatic heterocycles. The van der Waals surface area contributed by atoms with Gasteiger partial charge in [-0.15, -0.1) is 0 Å². The van der Waals surface area contributed by atoms with Crippen molar-refractivity contribution in [1.82, 2.24) is 0 Å². The molecule has 0 unspecified atom stereocenters. The average Bonchev–Trinajstić information content (AvgIpc) is 2.37. The highest BCUT2D eigenvalue weighted by Crippen LogP contribution is 2.28. The third-order valence-corrected chi connectivity index (χ3v) is 3.04. The van der Waals surface area contributed by atoms with Gasteiger partial charge in [0, 0.05) is 0 Å². The van der Waals surface area contributed by atoms with Gasteiger partial charge in [0.15, 0.2) is 0 Å². The Balaban J connectivity index is 4.78. The Kier molecular flexibility index (Phi) is 7.89. The fraction of sp³-hybridized carbons (Fsp3) is 0.625. The van der Waals surface area contributed by atoms with Gasteiger partial charge in [0.05, 0.1) is 14.2 Å². The number of carbonyl (C=O) groups is 2. The minimum Gasteiger partial charge on any atom is -0.465 e. The molecule has 0 saturated heterocycles. The predicted molar refractivity (Wildman–Crippen MR) is 79.2 cm³/mol. The van der Waals surface area contributed by atoms with Crippen molar-refractivity contribution in [1.29, 1.82) is 0 Å². The van der Waals surface area contributed by atoms with E-state index in [1.54, 1.807) is 6.08 Å². The van der Waals surface area contributed by atoms with Crippen LogP contribution in [0.1, 0.15) is 47.0 Å². The SMILES string of the molecule is COC(=O)C(=CCC(C)(C)CCC=C(C)C)C(=O)OC. The molecule has 0 saturated carbocycles. The molecule has 0 heterocycles. The Morgan fingerprint density at radius 2 is 1.50 bits per heavy atom. The van der Waals surface area contributed by atoms with Gasteiger partial charge in [-0.05, 0) is 38.5 Å². The maximum Gasteiger partial charge on any atom is 0.344 e. The Morgan fingerprint density at radius 3 is 1.90 bits per heavy atom. The molecule has 0 rings (SSSR count). The van der Waals surface area contributed by atoms with Gasteiger partial charge in [-0.1, -0.05) is 31.6 Å². The Hall–Kier alpha value is -1.58. The molecule has 4 nitrogen and oxygen atoms in total. The Morgan fingerprint density at radius 1 is 1.00 bits per heavy atom. The summed E-state index contributed by atoms with van der Waals surface area (Å²) in [6.07, 6.45) is 6.37. The molecule has 0 N–H and O–H groups in total. The second-order valence-electron chi connectivity index (χ2n) is 5.79. The van der Waals surface area contributed by atoms with E-state index in [9.17, 15) is 9.59 Å². The van der Waals surface area contributed by atoms with Gasteiger partial charge in [0.25, 0.3) is 0 Å². The quantitative estimate of drug-likeness (QED) is 0.236. The molecule has 0 aliphatic heterocycles. The molecule has 0 bridgehead atoms. The lowest BCUT2D eigenvalue weighted by atomic mass is 9.83. The molecule has 0 atom stereocenters. The van der Waals surface area contributed by atoms with Crippen LogP contribution in [-0.4, -0.2) is 26.2 Å². The van der Waals surface area contributed by atoms with E-state index in [1.807, 2.05) is 0 Å². The largest absolute Gasteiger partial charge is 0.465 e. The average molecular weight is 282 g/mol. The molecule has 0 spiro atoms. The lowest BCUT2D eigenvalue weighted by molar-refractivity contribution is -0.144. The number of ether oxygens (including phenoxy) is 2. The van der Waals surface area contributed by atoms with Crippen molar-refractivity contribution in [3.8, 4) is 0 Å². The van der Waals surface area contributed by atoms with Gasteiger partial charge in [0.2, 0.25) is 0 Å². The second kappa shape index (κ2) is 8.56. The van der Waals surface area contributed by atoms with E-state index in [2.05, 4.69) is 43.2 Å². The van der Waals surface area contributed by atoms with Crippen LogP contribution in [0.15, 0.2) is 23.3 Å². The zero-order valence-electron chi connectivity index (χ0n) is 13.4. The molecule has 0 aromatic rings. The zero-order valence-corrected chi connectivity index (χ0v) is 13.4. The number of esters is 2. The first-order valence-corrected chi connectivity index (χ1v) is 6.73. The van der Waals surface area contributed by atoms with E-state index < -0.39 is 11.9 Å². The van der Waals surface area contributed by atoms with Crippen LogP contribution >= 0.6 is 0 Å². The van der Waals surface area contributed by atoms with Crippen LogP contribution in [0.25, 0.3) is 0 Å². The standard InChI is InChI=1S/C16H26O4/c1-12(2)8-7-10-16(3,4)11-9-13(14(17)19-5)15(18)20-6/h8-9H,7,10-11H2,1-6H3. The summed E-state index contributed by atoms with van der Waals surface area (Å²) in [5, 5.41) is 0. The highest BCUT2D eigenvalue weighted by molar-refractivity contribution is 6.13. The van der Waals surface area contributed by atoms with Crippen LogP contribution in [0.4, 0.5) is 0 Å². The Labute approximate surface area is 121 Å². The van der Waals surface area contributed by atoms with E-state index in [-0.39, 0.29) is 11.0 Å². The molecular weight excluding hydrogens is 256 g/mol. The maximum atomic E-state index is 11.5. The molecule has 4 heteroatoms. The normalized spacial score (nSPS) is 10.5. The molecular formula is C16H26O4. The van der Waals surface area contributed by atoms with Crippen molar-refractivity contribution >= 4 is 11.9 Å². The summed E-state index contributed by atoms with van der Waals surface area (Å²) >= 11 is 0. The van der Waals surface area contributed by atoms with Crippen LogP contribution in [0.5, 0.6) is 0 Å². The van der Waals surface area contributed by atoms with E-state index in [1.165, 1.54) is 19.8 Å². The third kappa shape index (κ3) is 7.12. The van der Waals surface area contributed by atoms with Crippen LogP contribution in [-0.2, 0) is 19.1 Å². The van der Waals surface area contributed by atoms with Crippen molar-refractivity contribution < 1.29 is 19.1 Å². The number of allylic oxidation sites excluding steroid dienone is 3. The lowest BCUT2D eigenvalue weighted by Crippen LogP contribution is -2.17. The molecule has 0 amide bonds. The summed E-state index contributed by atoms with van der Waals surface area (Å²) in [4.78, 5) is 23.1. The maximum absolute atomic E-state index is 11.5. The van der Waals surface area contributed by atoms with Crippen LogP contribution in [0.3, 0.4) is 0 Å². The van der Waals surface area contributed by atoms with Crippen molar-refractivity contribution in [2.45, 2.75) is 47.0 Å².